The summed E-state index contributed by atoms with van der Waals surface area (Å²) in [6, 6.07) is 0. The highest BCUT2D eigenvalue weighted by molar-refractivity contribution is 7.47. The van der Waals surface area contributed by atoms with E-state index in [1.165, 1.54) is 51.4 Å². The number of phosphoric acid groups is 1. The van der Waals surface area contributed by atoms with Crippen molar-refractivity contribution in [2.45, 2.75) is 161 Å². The van der Waals surface area contributed by atoms with E-state index in [0.29, 0.717) is 12.8 Å². The van der Waals surface area contributed by atoms with Crippen molar-refractivity contribution in [1.29, 1.82) is 0 Å². The number of allylic oxidation sites excluding steroid dienone is 2. The Hall–Kier alpha value is -1.29. The minimum atomic E-state index is -4.60. The fourth-order valence-corrected chi connectivity index (χ4v) is 5.25. The van der Waals surface area contributed by atoms with Gasteiger partial charge in [0.05, 0.1) is 19.8 Å². The van der Waals surface area contributed by atoms with Gasteiger partial charge in [-0.05, 0) is 38.5 Å². The lowest BCUT2D eigenvalue weighted by molar-refractivity contribution is -0.161. The predicted molar refractivity (Wildman–Crippen MR) is 173 cm³/mol. The summed E-state index contributed by atoms with van der Waals surface area (Å²) in [5, 5.41) is 18.2. The maximum absolute atomic E-state index is 12.4. The Balaban J connectivity index is 4.40. The van der Waals surface area contributed by atoms with Crippen LogP contribution in [0, 0.1) is 0 Å². The molecule has 0 spiro atoms. The topological polar surface area (TPSA) is 149 Å². The summed E-state index contributed by atoms with van der Waals surface area (Å²) in [7, 11) is -4.60. The third-order valence-corrected chi connectivity index (χ3v) is 8.12. The van der Waals surface area contributed by atoms with Gasteiger partial charge in [0, 0.05) is 12.8 Å². The van der Waals surface area contributed by atoms with E-state index >= 15 is 0 Å². The average molecular weight is 651 g/mol. The molecule has 0 aliphatic rings. The molecule has 0 bridgehead atoms. The number of carbonyl (C=O) groups excluding carboxylic acids is 2. The zero-order valence-corrected chi connectivity index (χ0v) is 28.5. The van der Waals surface area contributed by atoms with Gasteiger partial charge in [-0.2, -0.15) is 0 Å². The van der Waals surface area contributed by atoms with Gasteiger partial charge in [0.2, 0.25) is 0 Å². The maximum atomic E-state index is 12.4. The van der Waals surface area contributed by atoms with Gasteiger partial charge in [0.15, 0.2) is 6.10 Å². The van der Waals surface area contributed by atoms with Crippen LogP contribution in [0.4, 0.5) is 0 Å². The molecule has 0 aromatic carbocycles. The van der Waals surface area contributed by atoms with Crippen molar-refractivity contribution in [2.24, 2.45) is 0 Å². The van der Waals surface area contributed by atoms with Gasteiger partial charge < -0.3 is 24.6 Å². The van der Waals surface area contributed by atoms with Gasteiger partial charge in [0.25, 0.3) is 0 Å². The Morgan fingerprint density at radius 1 is 0.659 bits per heavy atom. The molecule has 3 atom stereocenters. The number of carbonyl (C=O) groups is 2. The summed E-state index contributed by atoms with van der Waals surface area (Å²) in [6.45, 7) is 2.29. The van der Waals surface area contributed by atoms with Crippen LogP contribution in [0.1, 0.15) is 149 Å². The number of hydrogen-bond acceptors (Lipinski definition) is 9. The van der Waals surface area contributed by atoms with E-state index in [1.807, 2.05) is 0 Å². The first-order valence-corrected chi connectivity index (χ1v) is 18.6. The fraction of sp³-hybridized carbons (Fsp3) is 0.879. The molecular weight excluding hydrogens is 587 g/mol. The first-order valence-electron chi connectivity index (χ1n) is 17.1. The van der Waals surface area contributed by atoms with E-state index in [9.17, 15) is 24.2 Å². The number of hydrogen-bond donors (Lipinski definition) is 3. The van der Waals surface area contributed by atoms with Crippen molar-refractivity contribution < 1.29 is 47.8 Å². The van der Waals surface area contributed by atoms with Crippen molar-refractivity contribution >= 4 is 19.8 Å². The van der Waals surface area contributed by atoms with Crippen molar-refractivity contribution in [1.82, 2.24) is 0 Å². The first kappa shape index (κ1) is 42.7. The van der Waals surface area contributed by atoms with Gasteiger partial charge in [0.1, 0.15) is 12.7 Å². The number of phosphoric ester groups is 1. The summed E-state index contributed by atoms with van der Waals surface area (Å²) in [5.41, 5.74) is 0. The highest BCUT2D eigenvalue weighted by atomic mass is 31.2. The Morgan fingerprint density at radius 3 is 1.66 bits per heavy atom. The molecule has 0 aromatic rings. The zero-order valence-electron chi connectivity index (χ0n) is 27.6. The van der Waals surface area contributed by atoms with E-state index in [4.69, 9.17) is 19.1 Å². The molecule has 1 unspecified atom stereocenters. The molecule has 0 radical (unpaired) electrons. The normalized spacial score (nSPS) is 14.4. The van der Waals surface area contributed by atoms with E-state index in [-0.39, 0.29) is 19.4 Å². The van der Waals surface area contributed by atoms with Gasteiger partial charge in [-0.1, -0.05) is 109 Å². The summed E-state index contributed by atoms with van der Waals surface area (Å²) in [4.78, 5) is 34.6. The molecule has 0 amide bonds. The molecular formula is C33H63O10P. The Kier molecular flexibility index (Phi) is 29.5. The van der Waals surface area contributed by atoms with Crippen LogP contribution in [0.5, 0.6) is 0 Å². The van der Waals surface area contributed by atoms with Crippen LogP contribution in [0.15, 0.2) is 12.2 Å². The number of rotatable bonds is 32. The minimum Gasteiger partial charge on any atom is -0.462 e. The van der Waals surface area contributed by atoms with Gasteiger partial charge in [-0.3, -0.25) is 18.6 Å². The fourth-order valence-electron chi connectivity index (χ4n) is 4.46. The third kappa shape index (κ3) is 29.4. The average Bonchev–Trinajstić information content (AvgIpc) is 3.00. The zero-order chi connectivity index (χ0) is 32.7. The lowest BCUT2D eigenvalue weighted by Crippen LogP contribution is -2.29. The molecule has 0 aliphatic carbocycles. The molecule has 0 aliphatic heterocycles. The standard InChI is InChI=1S/C33H63O10P/c1-3-5-7-9-11-13-14-15-16-17-19-20-22-24-32(36)40-28-31(29-42-44(38,39)41-27-30(35)26-34)43-33(37)25-23-21-18-12-10-8-6-4-2/h13-14,30-31,34-35H,3-12,15-29H2,1-2H3,(H,38,39)/b14-13+/t30-,31+/m1/s1. The molecule has 3 N–H and O–H groups in total. The van der Waals surface area contributed by atoms with E-state index in [0.717, 1.165) is 57.8 Å². The maximum Gasteiger partial charge on any atom is 0.472 e. The number of ether oxygens (including phenoxy) is 2. The van der Waals surface area contributed by atoms with Crippen molar-refractivity contribution in [3.63, 3.8) is 0 Å². The summed E-state index contributed by atoms with van der Waals surface area (Å²) in [5.74, 6) is -0.939. The van der Waals surface area contributed by atoms with Crippen LogP contribution in [0.2, 0.25) is 0 Å². The lowest BCUT2D eigenvalue weighted by atomic mass is 10.1. The highest BCUT2D eigenvalue weighted by Crippen LogP contribution is 2.43. The van der Waals surface area contributed by atoms with E-state index in [1.54, 1.807) is 0 Å². The highest BCUT2D eigenvalue weighted by Gasteiger charge is 2.27. The second-order valence-corrected chi connectivity index (χ2v) is 13.0. The molecule has 260 valence electrons. The number of aliphatic hydroxyl groups excluding tert-OH is 2. The van der Waals surface area contributed by atoms with Gasteiger partial charge >= 0.3 is 19.8 Å². The first-order chi connectivity index (χ1) is 21.2. The van der Waals surface area contributed by atoms with Gasteiger partial charge in [-0.25, -0.2) is 4.57 Å². The minimum absolute atomic E-state index is 0.185. The Bertz CT molecular complexity index is 761. The number of unbranched alkanes of at least 4 members (excludes halogenated alkanes) is 16. The van der Waals surface area contributed by atoms with Crippen LogP contribution in [-0.4, -0.2) is 65.7 Å². The molecule has 44 heavy (non-hydrogen) atoms. The molecule has 0 fully saturated rings. The quantitative estimate of drug-likeness (QED) is 0.0286. The molecule has 0 heterocycles. The molecule has 11 heteroatoms. The Morgan fingerprint density at radius 2 is 1.11 bits per heavy atom. The molecule has 0 rings (SSSR count). The molecule has 0 saturated carbocycles. The molecule has 0 aromatic heterocycles. The largest absolute Gasteiger partial charge is 0.472 e. The Labute approximate surface area is 266 Å². The van der Waals surface area contributed by atoms with Crippen LogP contribution in [-0.2, 0) is 32.7 Å². The van der Waals surface area contributed by atoms with Crippen molar-refractivity contribution in [3.8, 4) is 0 Å². The summed E-state index contributed by atoms with van der Waals surface area (Å²) >= 11 is 0. The monoisotopic (exact) mass is 650 g/mol. The molecule has 0 saturated heterocycles. The lowest BCUT2D eigenvalue weighted by Gasteiger charge is -2.20. The molecule has 10 nitrogen and oxygen atoms in total. The second kappa shape index (κ2) is 30.4. The summed E-state index contributed by atoms with van der Waals surface area (Å²) in [6.07, 6.45) is 23.4. The van der Waals surface area contributed by atoms with Crippen LogP contribution in [0.25, 0.3) is 0 Å². The van der Waals surface area contributed by atoms with Crippen LogP contribution >= 0.6 is 7.82 Å². The summed E-state index contributed by atoms with van der Waals surface area (Å²) < 4.78 is 32.4. The SMILES string of the molecule is CCCCCC/C=C/CCCCCCCC(=O)OC[C@@H](COP(=O)(O)OC[C@H](O)CO)OC(=O)CCCCCCCCCC. The van der Waals surface area contributed by atoms with Gasteiger partial charge in [-0.15, -0.1) is 0 Å². The van der Waals surface area contributed by atoms with Crippen LogP contribution < -0.4 is 0 Å². The van der Waals surface area contributed by atoms with E-state index < -0.39 is 51.8 Å². The van der Waals surface area contributed by atoms with Crippen molar-refractivity contribution in [3.05, 3.63) is 12.2 Å². The van der Waals surface area contributed by atoms with Crippen LogP contribution in [0.3, 0.4) is 0 Å². The van der Waals surface area contributed by atoms with Crippen molar-refractivity contribution in [2.75, 3.05) is 26.4 Å². The third-order valence-electron chi connectivity index (χ3n) is 7.17. The number of aliphatic hydroxyl groups is 2. The van der Waals surface area contributed by atoms with E-state index in [2.05, 4.69) is 30.5 Å². The number of esters is 2. The smallest absolute Gasteiger partial charge is 0.462 e. The predicted octanol–water partition coefficient (Wildman–Crippen LogP) is 7.72. The second-order valence-electron chi connectivity index (χ2n) is 11.5.